The molecule has 7 heteroatoms. The Morgan fingerprint density at radius 1 is 0.305 bits per heavy atom. The van der Waals surface area contributed by atoms with Crippen molar-refractivity contribution < 1.29 is 0 Å². The number of pyridine rings is 2. The number of thiophene rings is 2. The maximum atomic E-state index is 4.39. The minimum Gasteiger partial charge on any atom is -0.296 e. The second-order valence-electron chi connectivity index (χ2n) is 14.0. The molecule has 0 radical (unpaired) electrons. The van der Waals surface area contributed by atoms with E-state index in [1.165, 1.54) is 41.8 Å². The third-order valence-electron chi connectivity index (χ3n) is 10.3. The van der Waals surface area contributed by atoms with Crippen molar-refractivity contribution in [3.63, 3.8) is 0 Å². The van der Waals surface area contributed by atoms with Crippen LogP contribution in [-0.4, -0.2) is 14.5 Å². The number of benzene rings is 5. The van der Waals surface area contributed by atoms with E-state index in [0.29, 0.717) is 0 Å². The predicted molar refractivity (Wildman–Crippen MR) is 248 cm³/mol. The molecule has 59 heavy (non-hydrogen) atoms. The molecule has 0 saturated heterocycles. The third-order valence-corrected chi connectivity index (χ3v) is 12.7. The van der Waals surface area contributed by atoms with Crippen molar-refractivity contribution >= 4 is 57.1 Å². The van der Waals surface area contributed by atoms with E-state index in [4.69, 9.17) is 0 Å². The van der Waals surface area contributed by atoms with Crippen LogP contribution in [0.1, 0.15) is 0 Å². The zero-order valence-corrected chi connectivity index (χ0v) is 33.5. The first-order valence-electron chi connectivity index (χ1n) is 19.5. The molecule has 10 rings (SSSR count). The molecule has 0 aliphatic carbocycles. The number of rotatable bonds is 11. The van der Waals surface area contributed by atoms with Crippen molar-refractivity contribution in [3.8, 4) is 47.4 Å². The number of hydrogen-bond acceptors (Lipinski definition) is 6. The standard InChI is InChI=1S/C52H37N5S2/c1-4-10-38(11-5-1)47-24-26-49(58-47)40-16-20-43(21-17-40)55(45-30-34-53-35-31-45)51-28-29-52(57(51)42-14-8-3-9-15-42)56(46-32-36-54-37-33-46)44-22-18-41(19-23-44)50-27-25-48(59-50)39-12-6-2-7-13-39/h1-37H. The van der Waals surface area contributed by atoms with Crippen molar-refractivity contribution in [1.82, 2.24) is 14.5 Å². The van der Waals surface area contributed by atoms with E-state index >= 15 is 0 Å². The van der Waals surface area contributed by atoms with Crippen LogP contribution in [-0.2, 0) is 0 Å². The molecule has 5 aromatic heterocycles. The highest BCUT2D eigenvalue weighted by molar-refractivity contribution is 7.19. The normalized spacial score (nSPS) is 11.1. The van der Waals surface area contributed by atoms with Gasteiger partial charge >= 0.3 is 0 Å². The molecule has 10 aromatic rings. The summed E-state index contributed by atoms with van der Waals surface area (Å²) in [5, 5.41) is 0. The molecule has 282 valence electrons. The van der Waals surface area contributed by atoms with Gasteiger partial charge in [-0.05, 0) is 119 Å². The highest BCUT2D eigenvalue weighted by Gasteiger charge is 2.25. The summed E-state index contributed by atoms with van der Waals surface area (Å²) in [4.78, 5) is 18.4. The molecule has 5 aromatic carbocycles. The van der Waals surface area contributed by atoms with Crippen LogP contribution in [0.4, 0.5) is 34.4 Å². The van der Waals surface area contributed by atoms with E-state index in [1.807, 2.05) is 47.5 Å². The first-order valence-corrected chi connectivity index (χ1v) is 21.1. The molecule has 0 atom stereocenters. The monoisotopic (exact) mass is 795 g/mol. The smallest absolute Gasteiger partial charge is 0.124 e. The molecular formula is C52H37N5S2. The van der Waals surface area contributed by atoms with Gasteiger partial charge in [-0.25, -0.2) is 0 Å². The van der Waals surface area contributed by atoms with Crippen LogP contribution in [0, 0.1) is 0 Å². The maximum absolute atomic E-state index is 4.39. The zero-order valence-electron chi connectivity index (χ0n) is 31.9. The molecule has 5 heterocycles. The fourth-order valence-corrected chi connectivity index (χ4v) is 9.50. The molecule has 0 unspecified atom stereocenters. The highest BCUT2D eigenvalue weighted by Crippen LogP contribution is 2.45. The van der Waals surface area contributed by atoms with E-state index < -0.39 is 0 Å². The Bertz CT molecular complexity index is 2720. The van der Waals surface area contributed by atoms with Gasteiger partial charge in [0.05, 0.1) is 11.4 Å². The summed E-state index contributed by atoms with van der Waals surface area (Å²) < 4.78 is 2.33. The summed E-state index contributed by atoms with van der Waals surface area (Å²) in [6, 6.07) is 71.0. The van der Waals surface area contributed by atoms with Gasteiger partial charge in [0.25, 0.3) is 0 Å². The van der Waals surface area contributed by atoms with E-state index in [9.17, 15) is 0 Å². The van der Waals surface area contributed by atoms with Gasteiger partial charge in [0.1, 0.15) is 11.6 Å². The Morgan fingerprint density at radius 3 is 1.00 bits per heavy atom. The summed E-state index contributed by atoms with van der Waals surface area (Å²) in [7, 11) is 0. The topological polar surface area (TPSA) is 37.2 Å². The van der Waals surface area contributed by atoms with Crippen molar-refractivity contribution in [1.29, 1.82) is 0 Å². The minimum atomic E-state index is 0.982. The predicted octanol–water partition coefficient (Wildman–Crippen LogP) is 15.0. The van der Waals surface area contributed by atoms with Crippen LogP contribution in [0.3, 0.4) is 0 Å². The summed E-state index contributed by atoms with van der Waals surface area (Å²) in [5.74, 6) is 1.96. The van der Waals surface area contributed by atoms with Crippen molar-refractivity contribution in [3.05, 3.63) is 225 Å². The number of aromatic nitrogens is 3. The van der Waals surface area contributed by atoms with E-state index in [0.717, 1.165) is 40.1 Å². The van der Waals surface area contributed by atoms with Crippen LogP contribution in [0.2, 0.25) is 0 Å². The quantitative estimate of drug-likeness (QED) is 0.131. The van der Waals surface area contributed by atoms with Crippen LogP contribution in [0.15, 0.2) is 225 Å². The number of hydrogen-bond donors (Lipinski definition) is 0. The van der Waals surface area contributed by atoms with Crippen LogP contribution in [0.5, 0.6) is 0 Å². The Kier molecular flexibility index (Phi) is 9.94. The lowest BCUT2D eigenvalue weighted by atomic mass is 10.1. The molecule has 0 aliphatic heterocycles. The highest BCUT2D eigenvalue weighted by atomic mass is 32.1. The fourth-order valence-electron chi connectivity index (χ4n) is 7.47. The van der Waals surface area contributed by atoms with Gasteiger partial charge in [-0.15, -0.1) is 22.7 Å². The van der Waals surface area contributed by atoms with Crippen LogP contribution < -0.4 is 9.80 Å². The fraction of sp³-hybridized carbons (Fsp3) is 0. The molecule has 0 saturated carbocycles. The lowest BCUT2D eigenvalue weighted by Crippen LogP contribution is -2.18. The van der Waals surface area contributed by atoms with Gasteiger partial charge in [0.15, 0.2) is 0 Å². The number of para-hydroxylation sites is 1. The van der Waals surface area contributed by atoms with Crippen LogP contribution >= 0.6 is 22.7 Å². The van der Waals surface area contributed by atoms with E-state index in [1.54, 1.807) is 0 Å². The average molecular weight is 796 g/mol. The van der Waals surface area contributed by atoms with Gasteiger partial charge < -0.3 is 0 Å². The lowest BCUT2D eigenvalue weighted by Gasteiger charge is -2.30. The molecule has 0 N–H and O–H groups in total. The third kappa shape index (κ3) is 7.37. The Labute approximate surface area is 352 Å². The van der Waals surface area contributed by atoms with Gasteiger partial charge in [-0.1, -0.05) is 103 Å². The molecular weight excluding hydrogens is 759 g/mol. The molecule has 0 amide bonds. The Morgan fingerprint density at radius 2 is 0.627 bits per heavy atom. The van der Waals surface area contributed by atoms with Gasteiger partial charge in [-0.2, -0.15) is 0 Å². The van der Waals surface area contributed by atoms with E-state index in [-0.39, 0.29) is 0 Å². The summed E-state index contributed by atoms with van der Waals surface area (Å²) in [5.41, 5.74) is 9.94. The lowest BCUT2D eigenvalue weighted by molar-refractivity contribution is 1.01. The van der Waals surface area contributed by atoms with Gasteiger partial charge in [0.2, 0.25) is 0 Å². The SMILES string of the molecule is c1ccc(-c2ccc(-c3ccc(N(c4ccncc4)c4ccc(N(c5ccncc5)c5ccc(-c6ccc(-c7ccccc7)s6)cc5)n4-c4ccccc4)cc3)s2)cc1. The average Bonchev–Trinajstić information content (AvgIpc) is 4.11. The zero-order chi connectivity index (χ0) is 39.4. The van der Waals surface area contributed by atoms with Gasteiger partial charge in [-0.3, -0.25) is 24.3 Å². The number of anilines is 6. The Balaban J connectivity index is 1.07. The van der Waals surface area contributed by atoms with Crippen molar-refractivity contribution in [2.45, 2.75) is 0 Å². The van der Waals surface area contributed by atoms with Crippen molar-refractivity contribution in [2.24, 2.45) is 0 Å². The summed E-state index contributed by atoms with van der Waals surface area (Å²) >= 11 is 3.62. The summed E-state index contributed by atoms with van der Waals surface area (Å²) in [6.07, 6.45) is 7.41. The second kappa shape index (κ2) is 16.3. The molecule has 0 fully saturated rings. The first-order chi connectivity index (χ1) is 29.3. The molecule has 0 bridgehead atoms. The molecule has 5 nitrogen and oxygen atoms in total. The molecule has 0 spiro atoms. The maximum Gasteiger partial charge on any atom is 0.124 e. The first kappa shape index (κ1) is 36.0. The number of nitrogens with zero attached hydrogens (tertiary/aromatic N) is 5. The minimum absolute atomic E-state index is 0.982. The van der Waals surface area contributed by atoms with E-state index in [2.05, 4.69) is 225 Å². The van der Waals surface area contributed by atoms with Crippen LogP contribution in [0.25, 0.3) is 47.4 Å². The summed E-state index contributed by atoms with van der Waals surface area (Å²) in [6.45, 7) is 0. The van der Waals surface area contributed by atoms with Gasteiger partial charge in [0, 0.05) is 61.4 Å². The van der Waals surface area contributed by atoms with Crippen molar-refractivity contribution in [2.75, 3.05) is 9.80 Å². The Hall–Kier alpha value is -7.32. The largest absolute Gasteiger partial charge is 0.296 e. The molecule has 0 aliphatic rings. The second-order valence-corrected chi connectivity index (χ2v) is 16.1.